The minimum atomic E-state index is 0. The Morgan fingerprint density at radius 2 is 1.31 bits per heavy atom. The molecule has 0 aromatic heterocycles. The van der Waals surface area contributed by atoms with Crippen LogP contribution in [0, 0.1) is 25.2 Å². The maximum atomic E-state index is 7.00. The first-order chi connectivity index (χ1) is 16.6. The Labute approximate surface area is 228 Å². The normalized spacial score (nSPS) is 11.7. The molecule has 2 rings (SSSR count). The maximum Gasteiger partial charge on any atom is 0.0319 e. The summed E-state index contributed by atoms with van der Waals surface area (Å²) < 4.78 is 0. The lowest BCUT2D eigenvalue weighted by Gasteiger charge is -2.21. The number of benzene rings is 1. The second kappa shape index (κ2) is 31.4. The van der Waals surface area contributed by atoms with Gasteiger partial charge in [0.2, 0.25) is 0 Å². The molecule has 0 saturated heterocycles. The molecule has 0 unspecified atom stereocenters. The largest absolute Gasteiger partial charge is 0.412 e. The van der Waals surface area contributed by atoms with Gasteiger partial charge in [0.25, 0.3) is 0 Å². The third kappa shape index (κ3) is 28.6. The first-order valence-electron chi connectivity index (χ1n) is 14.0. The van der Waals surface area contributed by atoms with Crippen LogP contribution in [0.25, 0.3) is 0 Å². The van der Waals surface area contributed by atoms with Crippen molar-refractivity contribution >= 4 is 0 Å². The molecule has 36 heavy (non-hydrogen) atoms. The average Bonchev–Trinajstić information content (AvgIpc) is 3.15. The van der Waals surface area contributed by atoms with E-state index >= 15 is 0 Å². The van der Waals surface area contributed by atoms with Crippen molar-refractivity contribution in [3.63, 3.8) is 0 Å². The van der Waals surface area contributed by atoms with Crippen LogP contribution in [0.1, 0.15) is 125 Å². The van der Waals surface area contributed by atoms with Crippen molar-refractivity contribution in [3.05, 3.63) is 71.8 Å². The summed E-state index contributed by atoms with van der Waals surface area (Å²) in [6, 6.07) is 8.48. The molecule has 1 aliphatic rings. The quantitative estimate of drug-likeness (QED) is 0.383. The van der Waals surface area contributed by atoms with Crippen LogP contribution in [0.3, 0.4) is 0 Å². The zero-order valence-corrected chi connectivity index (χ0v) is 26.6. The maximum absolute atomic E-state index is 7.00. The van der Waals surface area contributed by atoms with E-state index in [1.165, 1.54) is 62.5 Å². The second-order valence-electron chi connectivity index (χ2n) is 9.70. The van der Waals surface area contributed by atoms with Gasteiger partial charge >= 0.3 is 0 Å². The lowest BCUT2D eigenvalue weighted by atomic mass is 9.85. The molecule has 0 aliphatic heterocycles. The molecule has 0 atom stereocenters. The Morgan fingerprint density at radius 3 is 1.64 bits per heavy atom. The summed E-state index contributed by atoms with van der Waals surface area (Å²) in [6.45, 7) is 30.2. The molecule has 1 aliphatic carbocycles. The summed E-state index contributed by atoms with van der Waals surface area (Å²) in [5.74, 6) is 0.734. The lowest BCUT2D eigenvalue weighted by Crippen LogP contribution is -2.08. The van der Waals surface area contributed by atoms with Crippen molar-refractivity contribution in [2.24, 2.45) is 11.3 Å². The minimum absolute atomic E-state index is 0. The fourth-order valence-electron chi connectivity index (χ4n) is 3.16. The number of hydrogen-bond donors (Lipinski definition) is 1. The van der Waals surface area contributed by atoms with Gasteiger partial charge in [0.05, 0.1) is 0 Å². The molecule has 0 heterocycles. The van der Waals surface area contributed by atoms with E-state index in [9.17, 15) is 0 Å². The van der Waals surface area contributed by atoms with Crippen LogP contribution in [-0.2, 0) is 0 Å². The predicted octanol–water partition coefficient (Wildman–Crippen LogP) is 10.6. The molecule has 0 bridgehead atoms. The Bertz CT molecular complexity index is 586. The number of aliphatic hydroxyl groups excluding tert-OH is 1. The molecule has 1 aromatic carbocycles. The highest BCUT2D eigenvalue weighted by molar-refractivity contribution is 5.21. The number of aliphatic hydroxyl groups is 1. The van der Waals surface area contributed by atoms with Crippen molar-refractivity contribution in [1.29, 1.82) is 0 Å². The Morgan fingerprint density at radius 1 is 0.861 bits per heavy atom. The van der Waals surface area contributed by atoms with E-state index in [0.717, 1.165) is 13.0 Å². The fourth-order valence-corrected chi connectivity index (χ4v) is 3.16. The molecule has 0 fully saturated rings. The van der Waals surface area contributed by atoms with Crippen molar-refractivity contribution in [3.8, 4) is 0 Å². The van der Waals surface area contributed by atoms with Gasteiger partial charge in [-0.25, -0.2) is 0 Å². The lowest BCUT2D eigenvalue weighted by molar-refractivity contribution is 0.311. The van der Waals surface area contributed by atoms with Crippen LogP contribution in [0.2, 0.25) is 0 Å². The smallest absolute Gasteiger partial charge is 0.0319 e. The number of hydrogen-bond acceptors (Lipinski definition) is 1. The summed E-state index contributed by atoms with van der Waals surface area (Å²) in [7, 11) is 1.00. The van der Waals surface area contributed by atoms with Gasteiger partial charge in [-0.1, -0.05) is 140 Å². The first kappa shape index (κ1) is 44.4. The Balaban J connectivity index is -0.000000121. The van der Waals surface area contributed by atoms with Crippen molar-refractivity contribution < 1.29 is 10.6 Å². The molecule has 1 aromatic rings. The van der Waals surface area contributed by atoms with E-state index in [1.54, 1.807) is 11.1 Å². The van der Waals surface area contributed by atoms with E-state index in [4.69, 9.17) is 5.11 Å². The number of rotatable bonds is 6. The summed E-state index contributed by atoms with van der Waals surface area (Å²) in [5.41, 5.74) is 6.49. The highest BCUT2D eigenvalue weighted by atomic mass is 16.2. The van der Waals surface area contributed by atoms with Gasteiger partial charge in [-0.3, -0.25) is 0 Å². The molecule has 0 saturated carbocycles. The highest BCUT2D eigenvalue weighted by Crippen LogP contribution is 2.26. The molecule has 214 valence electrons. The standard InChI is InChI=1S/C12H20.C9H20.C8H10.C2H6.C2H4.CH4O.H2O/c1-4-11-6-5-7-12(9-8-11)10(2)3;1-5-7-8-9(3,4)6-2;1-7-3-5-8(2)6-4-7;3*1-2;/h8-10H,4-7H2,1-3H3;5-8H2,1-4H3;3-6H,1-2H3;1-2H3;1-2H2;2H,1H3;1H2. The van der Waals surface area contributed by atoms with Crippen LogP contribution in [0.15, 0.2) is 60.7 Å². The van der Waals surface area contributed by atoms with Gasteiger partial charge in [0.1, 0.15) is 0 Å². The monoisotopic (exact) mass is 507 g/mol. The van der Waals surface area contributed by atoms with Gasteiger partial charge in [0, 0.05) is 7.11 Å². The molecule has 0 radical (unpaired) electrons. The molecule has 0 amide bonds. The third-order valence-electron chi connectivity index (χ3n) is 6.07. The Hall–Kier alpha value is -1.64. The fraction of sp³-hybridized carbons (Fsp3) is 0.647. The zero-order valence-electron chi connectivity index (χ0n) is 26.6. The van der Waals surface area contributed by atoms with Crippen LogP contribution in [0.5, 0.6) is 0 Å². The van der Waals surface area contributed by atoms with Gasteiger partial charge < -0.3 is 10.6 Å². The van der Waals surface area contributed by atoms with Crippen molar-refractivity contribution in [2.75, 3.05) is 7.11 Å². The third-order valence-corrected chi connectivity index (χ3v) is 6.07. The van der Waals surface area contributed by atoms with Gasteiger partial charge in [-0.15, -0.1) is 13.2 Å². The Kier molecular flexibility index (Phi) is 38.7. The van der Waals surface area contributed by atoms with Crippen LogP contribution < -0.4 is 0 Å². The summed E-state index contributed by atoms with van der Waals surface area (Å²) >= 11 is 0. The summed E-state index contributed by atoms with van der Waals surface area (Å²) in [4.78, 5) is 0. The molecular weight excluding hydrogens is 440 g/mol. The molecule has 2 heteroatoms. The SMILES string of the molecule is C=C.CC.CCC1=CC=C(C(C)C)CCC1.CCCCC(C)(C)CC.CO.Cc1ccc(C)cc1.O. The highest BCUT2D eigenvalue weighted by Gasteiger charge is 2.12. The van der Waals surface area contributed by atoms with Crippen molar-refractivity contribution in [1.82, 2.24) is 0 Å². The molecule has 2 nitrogen and oxygen atoms in total. The minimum Gasteiger partial charge on any atom is -0.412 e. The number of aryl methyl sites for hydroxylation is 2. The van der Waals surface area contributed by atoms with Gasteiger partial charge in [-0.05, 0) is 57.3 Å². The second-order valence-corrected chi connectivity index (χ2v) is 9.70. The molecular formula is C34H66O2. The zero-order chi connectivity index (χ0) is 28.3. The molecule has 3 N–H and O–H groups in total. The van der Waals surface area contributed by atoms with E-state index in [-0.39, 0.29) is 5.48 Å². The van der Waals surface area contributed by atoms with Gasteiger partial charge in [0.15, 0.2) is 0 Å². The van der Waals surface area contributed by atoms with Crippen LogP contribution in [0.4, 0.5) is 0 Å². The van der Waals surface area contributed by atoms with E-state index in [1.807, 2.05) is 13.8 Å². The number of unbranched alkanes of at least 4 members (excludes halogenated alkanes) is 1. The first-order valence-corrected chi connectivity index (χ1v) is 14.0. The average molecular weight is 507 g/mol. The van der Waals surface area contributed by atoms with Crippen LogP contribution in [-0.4, -0.2) is 17.7 Å². The predicted molar refractivity (Wildman–Crippen MR) is 169 cm³/mol. The van der Waals surface area contributed by atoms with Gasteiger partial charge in [-0.2, -0.15) is 0 Å². The number of allylic oxidation sites excluding steroid dienone is 4. The van der Waals surface area contributed by atoms with E-state index in [2.05, 4.69) is 112 Å². The van der Waals surface area contributed by atoms with E-state index < -0.39 is 0 Å². The summed E-state index contributed by atoms with van der Waals surface area (Å²) in [5, 5.41) is 7.00. The summed E-state index contributed by atoms with van der Waals surface area (Å²) in [6.07, 6.45) is 15.3. The van der Waals surface area contributed by atoms with E-state index in [0.29, 0.717) is 5.41 Å². The van der Waals surface area contributed by atoms with Crippen LogP contribution >= 0.6 is 0 Å². The topological polar surface area (TPSA) is 51.7 Å². The molecule has 0 spiro atoms. The van der Waals surface area contributed by atoms with Crippen molar-refractivity contribution in [2.45, 2.75) is 128 Å².